The minimum Gasteiger partial charge on any atom is -0.496 e. The number of carbonyl (C=O) groups is 1. The minimum atomic E-state index is -0.105. The minimum absolute atomic E-state index is 0.0334. The zero-order valence-electron chi connectivity index (χ0n) is 15.8. The molecule has 0 aliphatic carbocycles. The van der Waals surface area contributed by atoms with Gasteiger partial charge < -0.3 is 9.64 Å². The van der Waals surface area contributed by atoms with Crippen LogP contribution in [0.3, 0.4) is 0 Å². The third kappa shape index (κ3) is 4.49. The molecule has 0 saturated heterocycles. The van der Waals surface area contributed by atoms with Crippen LogP contribution in [-0.2, 0) is 24.3 Å². The van der Waals surface area contributed by atoms with Crippen molar-refractivity contribution in [2.45, 2.75) is 26.4 Å². The van der Waals surface area contributed by atoms with E-state index < -0.39 is 0 Å². The van der Waals surface area contributed by atoms with E-state index in [1.807, 2.05) is 48.5 Å². The molecule has 0 unspecified atom stereocenters. The van der Waals surface area contributed by atoms with Crippen molar-refractivity contribution in [3.05, 3.63) is 59.7 Å². The molecule has 3 aromatic rings. The average molecular weight is 365 g/mol. The third-order valence-electron chi connectivity index (χ3n) is 4.38. The number of amides is 1. The zero-order chi connectivity index (χ0) is 19.2. The molecule has 0 aliphatic rings. The van der Waals surface area contributed by atoms with Crippen LogP contribution in [0.2, 0.25) is 0 Å². The molecule has 0 radical (unpaired) electrons. The van der Waals surface area contributed by atoms with Crippen molar-refractivity contribution >= 4 is 5.91 Å². The maximum absolute atomic E-state index is 12.5. The summed E-state index contributed by atoms with van der Waals surface area (Å²) >= 11 is 0. The van der Waals surface area contributed by atoms with Gasteiger partial charge in [0.05, 0.1) is 7.11 Å². The number of tetrazole rings is 1. The van der Waals surface area contributed by atoms with Gasteiger partial charge in [0.25, 0.3) is 0 Å². The second kappa shape index (κ2) is 8.44. The number of methoxy groups -OCH3 is 1. The van der Waals surface area contributed by atoms with Crippen LogP contribution in [0.4, 0.5) is 0 Å². The lowest BCUT2D eigenvalue weighted by Crippen LogP contribution is -2.30. The topological polar surface area (TPSA) is 73.1 Å². The van der Waals surface area contributed by atoms with Gasteiger partial charge in [-0.3, -0.25) is 4.79 Å². The molecule has 0 aliphatic heterocycles. The summed E-state index contributed by atoms with van der Waals surface area (Å²) in [7, 11) is 3.37. The Labute approximate surface area is 158 Å². The first-order valence-electron chi connectivity index (χ1n) is 8.83. The zero-order valence-corrected chi connectivity index (χ0v) is 15.8. The van der Waals surface area contributed by atoms with Gasteiger partial charge in [0.15, 0.2) is 0 Å². The molecule has 7 heteroatoms. The van der Waals surface area contributed by atoms with Gasteiger partial charge in [-0.1, -0.05) is 49.4 Å². The van der Waals surface area contributed by atoms with Crippen LogP contribution in [0.1, 0.15) is 18.1 Å². The van der Waals surface area contributed by atoms with Crippen molar-refractivity contribution in [1.82, 2.24) is 25.1 Å². The van der Waals surface area contributed by atoms with E-state index >= 15 is 0 Å². The number of likely N-dealkylation sites (N-methyl/N-ethyl adjacent to an activating group) is 1. The quantitative estimate of drug-likeness (QED) is 0.643. The van der Waals surface area contributed by atoms with E-state index in [0.717, 1.165) is 23.3 Å². The molecule has 0 atom stereocenters. The molecule has 0 spiro atoms. The van der Waals surface area contributed by atoms with Gasteiger partial charge in [-0.25, -0.2) is 0 Å². The molecule has 1 heterocycles. The van der Waals surface area contributed by atoms with Crippen LogP contribution in [0.15, 0.2) is 48.5 Å². The van der Waals surface area contributed by atoms with Crippen LogP contribution in [0.25, 0.3) is 11.4 Å². The molecule has 3 rings (SSSR count). The standard InChI is InChI=1S/C20H23N5O2/c1-4-15-9-11-16(12-10-15)20-21-23-25(22-20)14-19(26)24(2)13-17-7-5-6-8-18(17)27-3/h5-12H,4,13-14H2,1-3H3. The Morgan fingerprint density at radius 3 is 2.59 bits per heavy atom. The fourth-order valence-electron chi connectivity index (χ4n) is 2.73. The fourth-order valence-corrected chi connectivity index (χ4v) is 2.73. The third-order valence-corrected chi connectivity index (χ3v) is 4.38. The van der Waals surface area contributed by atoms with Crippen LogP contribution >= 0.6 is 0 Å². The number of hydrogen-bond acceptors (Lipinski definition) is 5. The predicted molar refractivity (Wildman–Crippen MR) is 102 cm³/mol. The van der Waals surface area contributed by atoms with Crippen molar-refractivity contribution in [3.8, 4) is 17.1 Å². The number of hydrogen-bond donors (Lipinski definition) is 0. The molecule has 27 heavy (non-hydrogen) atoms. The molecule has 0 fully saturated rings. The van der Waals surface area contributed by atoms with Gasteiger partial charge in [-0.05, 0) is 23.3 Å². The molecule has 1 amide bonds. The highest BCUT2D eigenvalue weighted by Crippen LogP contribution is 2.19. The summed E-state index contributed by atoms with van der Waals surface area (Å²) in [6.45, 7) is 2.59. The van der Waals surface area contributed by atoms with Crippen molar-refractivity contribution < 1.29 is 9.53 Å². The highest BCUT2D eigenvalue weighted by Gasteiger charge is 2.15. The maximum atomic E-state index is 12.5. The van der Waals surface area contributed by atoms with E-state index in [4.69, 9.17) is 4.74 Å². The number of aromatic nitrogens is 4. The van der Waals surface area contributed by atoms with Gasteiger partial charge in [-0.2, -0.15) is 4.80 Å². The van der Waals surface area contributed by atoms with E-state index in [1.165, 1.54) is 10.4 Å². The van der Waals surface area contributed by atoms with Crippen molar-refractivity contribution in [2.75, 3.05) is 14.2 Å². The average Bonchev–Trinajstić information content (AvgIpc) is 3.16. The van der Waals surface area contributed by atoms with Crippen LogP contribution in [0.5, 0.6) is 5.75 Å². The van der Waals surface area contributed by atoms with Gasteiger partial charge in [0, 0.05) is 24.7 Å². The fraction of sp³-hybridized carbons (Fsp3) is 0.300. The molecule has 140 valence electrons. The molecule has 1 aromatic heterocycles. The number of aryl methyl sites for hydroxylation is 1. The Morgan fingerprint density at radius 2 is 1.89 bits per heavy atom. The smallest absolute Gasteiger partial charge is 0.246 e. The van der Waals surface area contributed by atoms with Gasteiger partial charge >= 0.3 is 0 Å². The molecule has 2 aromatic carbocycles. The summed E-state index contributed by atoms with van der Waals surface area (Å²) in [5, 5.41) is 12.4. The number of ether oxygens (including phenoxy) is 1. The first-order chi connectivity index (χ1) is 13.1. The second-order valence-electron chi connectivity index (χ2n) is 6.26. The maximum Gasteiger partial charge on any atom is 0.246 e. The van der Waals surface area contributed by atoms with Crippen molar-refractivity contribution in [1.29, 1.82) is 0 Å². The van der Waals surface area contributed by atoms with Crippen LogP contribution in [0, 0.1) is 0 Å². The monoisotopic (exact) mass is 365 g/mol. The first-order valence-corrected chi connectivity index (χ1v) is 8.83. The normalized spacial score (nSPS) is 10.6. The summed E-state index contributed by atoms with van der Waals surface area (Å²) in [4.78, 5) is 15.4. The van der Waals surface area contributed by atoms with Crippen molar-refractivity contribution in [3.63, 3.8) is 0 Å². The molecule has 0 saturated carbocycles. The Morgan fingerprint density at radius 1 is 1.15 bits per heavy atom. The Kier molecular flexibility index (Phi) is 5.80. The van der Waals surface area contributed by atoms with E-state index in [-0.39, 0.29) is 12.5 Å². The summed E-state index contributed by atoms with van der Waals surface area (Å²) in [5.41, 5.74) is 3.08. The first kappa shape index (κ1) is 18.6. The highest BCUT2D eigenvalue weighted by atomic mass is 16.5. The van der Waals surface area contributed by atoms with Gasteiger partial charge in [-0.15, -0.1) is 10.2 Å². The predicted octanol–water partition coefficient (Wildman–Crippen LogP) is 2.57. The number of carbonyl (C=O) groups excluding carboxylic acids is 1. The SMILES string of the molecule is CCc1ccc(-c2nnn(CC(=O)N(C)Cc3ccccc3OC)n2)cc1. The van der Waals surface area contributed by atoms with Gasteiger partial charge in [0.2, 0.25) is 11.7 Å². The van der Waals surface area contributed by atoms with Crippen LogP contribution in [-0.4, -0.2) is 45.2 Å². The Balaban J connectivity index is 1.64. The number of benzene rings is 2. The number of para-hydroxylation sites is 1. The van der Waals surface area contributed by atoms with Crippen molar-refractivity contribution in [2.24, 2.45) is 0 Å². The van der Waals surface area contributed by atoms with E-state index in [1.54, 1.807) is 19.1 Å². The lowest BCUT2D eigenvalue weighted by atomic mass is 10.1. The lowest BCUT2D eigenvalue weighted by molar-refractivity contribution is -0.131. The highest BCUT2D eigenvalue weighted by molar-refractivity contribution is 5.75. The number of nitrogens with zero attached hydrogens (tertiary/aromatic N) is 5. The number of rotatable bonds is 7. The second-order valence-corrected chi connectivity index (χ2v) is 6.26. The summed E-state index contributed by atoms with van der Waals surface area (Å²) in [6.07, 6.45) is 0.980. The van der Waals surface area contributed by atoms with Gasteiger partial charge in [0.1, 0.15) is 12.3 Å². The Hall–Kier alpha value is -3.22. The molecular formula is C20H23N5O2. The lowest BCUT2D eigenvalue weighted by Gasteiger charge is -2.18. The molecular weight excluding hydrogens is 342 g/mol. The summed E-state index contributed by atoms with van der Waals surface area (Å²) in [5.74, 6) is 1.16. The molecule has 7 nitrogen and oxygen atoms in total. The molecule has 0 bridgehead atoms. The van der Waals surface area contributed by atoms with E-state index in [2.05, 4.69) is 22.3 Å². The summed E-state index contributed by atoms with van der Waals surface area (Å²) < 4.78 is 5.34. The van der Waals surface area contributed by atoms with Crippen LogP contribution < -0.4 is 4.74 Å². The van der Waals surface area contributed by atoms with E-state index in [0.29, 0.717) is 12.4 Å². The Bertz CT molecular complexity index is 905. The largest absolute Gasteiger partial charge is 0.496 e. The van der Waals surface area contributed by atoms with E-state index in [9.17, 15) is 4.79 Å². The summed E-state index contributed by atoms with van der Waals surface area (Å²) in [6, 6.07) is 15.7. The molecule has 0 N–H and O–H groups in total.